The van der Waals surface area contributed by atoms with E-state index >= 15 is 0 Å². The summed E-state index contributed by atoms with van der Waals surface area (Å²) in [5, 5.41) is 10.0. The quantitative estimate of drug-likeness (QED) is 0.306. The summed E-state index contributed by atoms with van der Waals surface area (Å²) in [7, 11) is 9.18. The van der Waals surface area contributed by atoms with Crippen molar-refractivity contribution in [3.63, 3.8) is 0 Å². The second-order valence-corrected chi connectivity index (χ2v) is 8.25. The van der Waals surface area contributed by atoms with Crippen molar-refractivity contribution in [2.45, 2.75) is 25.4 Å². The second-order valence-electron chi connectivity index (χ2n) is 7.42. The van der Waals surface area contributed by atoms with Crippen molar-refractivity contribution in [3.8, 4) is 11.5 Å². The summed E-state index contributed by atoms with van der Waals surface area (Å²) < 4.78 is 10.8. The number of guanidine groups is 1. The highest BCUT2D eigenvalue weighted by Crippen LogP contribution is 2.30. The first kappa shape index (κ1) is 25.3. The number of ether oxygens (including phenoxy) is 2. The molecule has 1 fully saturated rings. The number of piperidine rings is 1. The van der Waals surface area contributed by atoms with Gasteiger partial charge in [-0.05, 0) is 12.8 Å². The highest BCUT2D eigenvalue weighted by Gasteiger charge is 2.21. The van der Waals surface area contributed by atoms with Crippen LogP contribution in [0.2, 0.25) is 0 Å². The minimum absolute atomic E-state index is 0. The third-order valence-electron chi connectivity index (χ3n) is 5.12. The number of aliphatic imine (C=N–C) groups is 1. The zero-order valence-electron chi connectivity index (χ0n) is 18.8. The maximum Gasteiger partial charge on any atom is 0.191 e. The van der Waals surface area contributed by atoms with Crippen molar-refractivity contribution in [2.24, 2.45) is 4.99 Å². The number of anilines is 2. The van der Waals surface area contributed by atoms with Crippen molar-refractivity contribution >= 4 is 52.1 Å². The lowest BCUT2D eigenvalue weighted by Crippen LogP contribution is -2.48. The van der Waals surface area contributed by atoms with Gasteiger partial charge in [0.1, 0.15) is 11.5 Å². The monoisotopic (exact) mass is 560 g/mol. The number of hydrogen-bond acceptors (Lipinski definition) is 7. The van der Waals surface area contributed by atoms with Gasteiger partial charge in [-0.15, -0.1) is 35.3 Å². The van der Waals surface area contributed by atoms with Gasteiger partial charge in [0.2, 0.25) is 0 Å². The lowest BCUT2D eigenvalue weighted by Gasteiger charge is -2.34. The average molecular weight is 561 g/mol. The van der Waals surface area contributed by atoms with Gasteiger partial charge >= 0.3 is 0 Å². The van der Waals surface area contributed by atoms with E-state index in [-0.39, 0.29) is 24.0 Å². The summed E-state index contributed by atoms with van der Waals surface area (Å²) in [5.74, 6) is 2.44. The maximum atomic E-state index is 5.40. The van der Waals surface area contributed by atoms with Gasteiger partial charge in [0.15, 0.2) is 11.1 Å². The van der Waals surface area contributed by atoms with E-state index < -0.39 is 0 Å². The number of thiazole rings is 1. The fourth-order valence-electron chi connectivity index (χ4n) is 3.40. The molecule has 0 bridgehead atoms. The van der Waals surface area contributed by atoms with E-state index in [1.54, 1.807) is 32.6 Å². The zero-order chi connectivity index (χ0) is 21.5. The fraction of sp³-hybridized carbons (Fsp3) is 0.524. The Balaban J connectivity index is 0.00000341. The molecule has 1 aromatic heterocycles. The Morgan fingerprint density at radius 2 is 1.84 bits per heavy atom. The Morgan fingerprint density at radius 3 is 2.35 bits per heavy atom. The Bertz CT molecular complexity index is 830. The molecule has 1 aliphatic rings. The van der Waals surface area contributed by atoms with Crippen LogP contribution in [0.15, 0.2) is 28.6 Å². The Hall–Kier alpha value is -1.95. The molecular weight excluding hydrogens is 527 g/mol. The molecule has 3 rings (SSSR count). The largest absolute Gasteiger partial charge is 0.497 e. The lowest BCUT2D eigenvalue weighted by atomic mass is 10.0. The highest BCUT2D eigenvalue weighted by atomic mass is 127. The van der Waals surface area contributed by atoms with Gasteiger partial charge in [-0.2, -0.15) is 0 Å². The molecule has 2 N–H and O–H groups in total. The molecule has 8 nitrogen and oxygen atoms in total. The molecule has 2 aromatic rings. The van der Waals surface area contributed by atoms with Crippen molar-refractivity contribution < 1.29 is 9.47 Å². The Morgan fingerprint density at radius 1 is 1.19 bits per heavy atom. The van der Waals surface area contributed by atoms with Crippen LogP contribution in [0.1, 0.15) is 18.5 Å². The standard InChI is InChI=1S/C21H32N6O2S.HI/c1-22-20(23-13-16-14-30-21(25-16)26(2)3)24-15-6-8-27(9-7-15)17-10-18(28-4)12-19(11-17)29-5;/h10-12,14-15H,6-9,13H2,1-5H3,(H2,22,23,24);1H. The van der Waals surface area contributed by atoms with E-state index in [1.165, 1.54) is 0 Å². The first-order valence-electron chi connectivity index (χ1n) is 10.1. The minimum Gasteiger partial charge on any atom is -0.497 e. The van der Waals surface area contributed by atoms with E-state index in [4.69, 9.17) is 9.47 Å². The number of hydrogen-bond donors (Lipinski definition) is 2. The molecule has 0 unspecified atom stereocenters. The van der Waals surface area contributed by atoms with Crippen molar-refractivity contribution in [3.05, 3.63) is 29.3 Å². The molecule has 1 aliphatic heterocycles. The molecule has 1 saturated heterocycles. The third-order valence-corrected chi connectivity index (χ3v) is 6.18. The summed E-state index contributed by atoms with van der Waals surface area (Å²) >= 11 is 1.65. The molecule has 2 heterocycles. The minimum atomic E-state index is 0. The van der Waals surface area contributed by atoms with Gasteiger partial charge in [0, 0.05) is 69.5 Å². The van der Waals surface area contributed by atoms with Crippen molar-refractivity contribution in [1.29, 1.82) is 0 Å². The predicted octanol–water partition coefficient (Wildman–Crippen LogP) is 3.18. The number of benzene rings is 1. The van der Waals surface area contributed by atoms with Crippen LogP contribution in [0.25, 0.3) is 0 Å². The normalized spacial score (nSPS) is 14.6. The molecular formula is C21H33IN6O2S. The molecule has 31 heavy (non-hydrogen) atoms. The van der Waals surface area contributed by atoms with Crippen molar-refractivity contribution in [1.82, 2.24) is 15.6 Å². The first-order chi connectivity index (χ1) is 14.5. The summed E-state index contributed by atoms with van der Waals surface area (Å²) in [4.78, 5) is 13.4. The van der Waals surface area contributed by atoms with Gasteiger partial charge < -0.3 is 29.9 Å². The average Bonchev–Trinajstić information content (AvgIpc) is 3.26. The van der Waals surface area contributed by atoms with Crippen LogP contribution >= 0.6 is 35.3 Å². The van der Waals surface area contributed by atoms with Crippen LogP contribution in [0.4, 0.5) is 10.8 Å². The molecule has 0 saturated carbocycles. The SMILES string of the molecule is CN=C(NCc1csc(N(C)C)n1)NC1CCN(c2cc(OC)cc(OC)c2)CC1.I. The van der Waals surface area contributed by atoms with Gasteiger partial charge in [-0.3, -0.25) is 4.99 Å². The van der Waals surface area contributed by atoms with E-state index in [9.17, 15) is 0 Å². The van der Waals surface area contributed by atoms with Crippen LogP contribution in [0.5, 0.6) is 11.5 Å². The fourth-order valence-corrected chi connectivity index (χ4v) is 4.16. The van der Waals surface area contributed by atoms with E-state index in [0.717, 1.165) is 59.9 Å². The third kappa shape index (κ3) is 7.03. The summed E-state index contributed by atoms with van der Waals surface area (Å²) in [5.41, 5.74) is 2.15. The van der Waals surface area contributed by atoms with Gasteiger partial charge in [-0.1, -0.05) is 0 Å². The number of nitrogens with one attached hydrogen (secondary N) is 2. The number of aromatic nitrogens is 1. The maximum absolute atomic E-state index is 5.40. The molecule has 0 aliphatic carbocycles. The first-order valence-corrected chi connectivity index (χ1v) is 11.0. The molecule has 0 radical (unpaired) electrons. The van der Waals surface area contributed by atoms with Crippen LogP contribution in [0, 0.1) is 0 Å². The van der Waals surface area contributed by atoms with Crippen LogP contribution in [-0.2, 0) is 6.54 Å². The Labute approximate surface area is 206 Å². The lowest BCUT2D eigenvalue weighted by molar-refractivity contribution is 0.393. The van der Waals surface area contributed by atoms with Gasteiger partial charge in [0.25, 0.3) is 0 Å². The molecule has 1 aromatic carbocycles. The van der Waals surface area contributed by atoms with Crippen LogP contribution < -0.4 is 29.9 Å². The summed E-state index contributed by atoms with van der Waals surface area (Å²) in [6.45, 7) is 2.58. The molecule has 0 spiro atoms. The van der Waals surface area contributed by atoms with Gasteiger partial charge in [0.05, 0.1) is 26.5 Å². The topological polar surface area (TPSA) is 74.3 Å². The highest BCUT2D eigenvalue weighted by molar-refractivity contribution is 14.0. The number of rotatable bonds is 7. The smallest absolute Gasteiger partial charge is 0.191 e. The van der Waals surface area contributed by atoms with E-state index in [2.05, 4.69) is 43.0 Å². The number of nitrogens with zero attached hydrogens (tertiary/aromatic N) is 4. The predicted molar refractivity (Wildman–Crippen MR) is 140 cm³/mol. The molecule has 10 heteroatoms. The summed E-state index contributed by atoms with van der Waals surface area (Å²) in [6.07, 6.45) is 2.06. The van der Waals surface area contributed by atoms with Gasteiger partial charge in [-0.25, -0.2) is 4.98 Å². The van der Waals surface area contributed by atoms with Crippen molar-refractivity contribution in [2.75, 3.05) is 58.3 Å². The molecule has 0 atom stereocenters. The number of halogens is 1. The van der Waals surface area contributed by atoms with E-state index in [1.807, 2.05) is 25.1 Å². The van der Waals surface area contributed by atoms with Crippen LogP contribution in [0.3, 0.4) is 0 Å². The summed E-state index contributed by atoms with van der Waals surface area (Å²) in [6, 6.07) is 6.41. The Kier molecular flexibility index (Phi) is 9.94. The molecule has 172 valence electrons. The van der Waals surface area contributed by atoms with E-state index in [0.29, 0.717) is 12.6 Å². The number of methoxy groups -OCH3 is 2. The second kappa shape index (κ2) is 12.2. The van der Waals surface area contributed by atoms with Crippen LogP contribution in [-0.4, -0.2) is 65.4 Å². The zero-order valence-corrected chi connectivity index (χ0v) is 22.0. The molecule has 0 amide bonds.